The predicted octanol–water partition coefficient (Wildman–Crippen LogP) is 4.67. The van der Waals surface area contributed by atoms with Crippen LogP contribution in [0.1, 0.15) is 36.7 Å². The van der Waals surface area contributed by atoms with E-state index < -0.39 is 11.6 Å². The molecule has 0 unspecified atom stereocenters. The summed E-state index contributed by atoms with van der Waals surface area (Å²) < 4.78 is 0. The molecule has 7 heteroatoms. The second-order valence-electron chi connectivity index (χ2n) is 7.89. The van der Waals surface area contributed by atoms with E-state index in [9.17, 15) is 14.7 Å². The summed E-state index contributed by atoms with van der Waals surface area (Å²) in [5, 5.41) is 17.9. The van der Waals surface area contributed by atoms with Gasteiger partial charge in [0, 0.05) is 22.5 Å². The molecule has 0 aliphatic heterocycles. The quantitative estimate of drug-likeness (QED) is 0.334. The standard InChI is InChI=1S/C23H24N4O3/c1-23(2,3)27(22(29)30)20-10-7-16(8-11-20)21(28)26-19-9-6-17-12-15(14-25-24)4-5-18(17)13-19/h4-14H,24H2,1-3H3,(H,26,28)(H,29,30). The van der Waals surface area contributed by atoms with Gasteiger partial charge in [-0.05, 0) is 79.6 Å². The molecule has 2 amide bonds. The molecule has 7 nitrogen and oxygen atoms in total. The Hall–Kier alpha value is -3.87. The maximum absolute atomic E-state index is 12.6. The first-order chi connectivity index (χ1) is 14.2. The van der Waals surface area contributed by atoms with Crippen LogP contribution in [-0.2, 0) is 0 Å². The van der Waals surface area contributed by atoms with Gasteiger partial charge in [-0.3, -0.25) is 9.69 Å². The number of benzene rings is 3. The van der Waals surface area contributed by atoms with E-state index in [0.717, 1.165) is 16.3 Å². The van der Waals surface area contributed by atoms with E-state index in [-0.39, 0.29) is 5.91 Å². The maximum atomic E-state index is 12.6. The summed E-state index contributed by atoms with van der Waals surface area (Å²) in [5.41, 5.74) is 1.91. The Bertz CT molecular complexity index is 1120. The Labute approximate surface area is 174 Å². The number of nitrogens with two attached hydrogens (primary N) is 1. The molecule has 154 valence electrons. The van der Waals surface area contributed by atoms with Crippen LogP contribution >= 0.6 is 0 Å². The molecule has 0 fully saturated rings. The number of hydrazone groups is 1. The minimum Gasteiger partial charge on any atom is -0.465 e. The van der Waals surface area contributed by atoms with Crippen LogP contribution in [-0.4, -0.2) is 28.9 Å². The zero-order chi connectivity index (χ0) is 21.9. The van der Waals surface area contributed by atoms with Gasteiger partial charge in [0.25, 0.3) is 5.91 Å². The minimum atomic E-state index is -1.04. The number of hydrogen-bond donors (Lipinski definition) is 3. The van der Waals surface area contributed by atoms with E-state index in [1.54, 1.807) is 30.5 Å². The molecular weight excluding hydrogens is 380 g/mol. The van der Waals surface area contributed by atoms with Crippen LogP contribution in [0.25, 0.3) is 10.8 Å². The number of carboxylic acid groups (broad SMARTS) is 1. The highest BCUT2D eigenvalue weighted by Crippen LogP contribution is 2.25. The Morgan fingerprint density at radius 2 is 1.63 bits per heavy atom. The van der Waals surface area contributed by atoms with Crippen molar-refractivity contribution in [2.45, 2.75) is 26.3 Å². The summed E-state index contributed by atoms with van der Waals surface area (Å²) >= 11 is 0. The number of amides is 2. The van der Waals surface area contributed by atoms with Gasteiger partial charge in [-0.15, -0.1) is 0 Å². The average molecular weight is 404 g/mol. The third-order valence-corrected chi connectivity index (χ3v) is 4.60. The fourth-order valence-corrected chi connectivity index (χ4v) is 3.26. The van der Waals surface area contributed by atoms with Crippen LogP contribution < -0.4 is 16.1 Å². The molecule has 0 spiro atoms. The smallest absolute Gasteiger partial charge is 0.412 e. The molecule has 0 atom stereocenters. The van der Waals surface area contributed by atoms with Crippen molar-refractivity contribution >= 4 is 40.4 Å². The van der Waals surface area contributed by atoms with Gasteiger partial charge in [0.05, 0.1) is 6.21 Å². The van der Waals surface area contributed by atoms with Crippen molar-refractivity contribution in [3.05, 3.63) is 71.8 Å². The zero-order valence-electron chi connectivity index (χ0n) is 17.1. The molecule has 0 heterocycles. The second kappa shape index (κ2) is 8.24. The van der Waals surface area contributed by atoms with Gasteiger partial charge in [0.15, 0.2) is 0 Å². The highest BCUT2D eigenvalue weighted by atomic mass is 16.4. The number of hydrogen-bond acceptors (Lipinski definition) is 4. The molecule has 0 saturated carbocycles. The number of carbonyl (C=O) groups excluding carboxylic acids is 1. The normalized spacial score (nSPS) is 11.6. The molecule has 3 aromatic rings. The van der Waals surface area contributed by atoms with Crippen LogP contribution in [0.2, 0.25) is 0 Å². The molecule has 0 aliphatic rings. The number of carbonyl (C=O) groups is 2. The highest BCUT2D eigenvalue weighted by molar-refractivity contribution is 6.05. The second-order valence-corrected chi connectivity index (χ2v) is 7.89. The van der Waals surface area contributed by atoms with Crippen LogP contribution in [0.4, 0.5) is 16.2 Å². The van der Waals surface area contributed by atoms with Crippen LogP contribution in [0.5, 0.6) is 0 Å². The summed E-state index contributed by atoms with van der Waals surface area (Å²) in [6, 6.07) is 17.9. The van der Waals surface area contributed by atoms with Crippen molar-refractivity contribution in [3.63, 3.8) is 0 Å². The minimum absolute atomic E-state index is 0.273. The van der Waals surface area contributed by atoms with Crippen molar-refractivity contribution in [3.8, 4) is 0 Å². The largest absolute Gasteiger partial charge is 0.465 e. The van der Waals surface area contributed by atoms with Gasteiger partial charge in [-0.2, -0.15) is 5.10 Å². The van der Waals surface area contributed by atoms with Crippen molar-refractivity contribution in [1.29, 1.82) is 0 Å². The van der Waals surface area contributed by atoms with Crippen molar-refractivity contribution in [2.24, 2.45) is 10.9 Å². The van der Waals surface area contributed by atoms with E-state index in [1.807, 2.05) is 57.2 Å². The topological polar surface area (TPSA) is 108 Å². The Morgan fingerprint density at radius 1 is 1.00 bits per heavy atom. The van der Waals surface area contributed by atoms with Crippen LogP contribution in [0.3, 0.4) is 0 Å². The lowest BCUT2D eigenvalue weighted by atomic mass is 10.0. The molecule has 0 aromatic heterocycles. The van der Waals surface area contributed by atoms with E-state index in [4.69, 9.17) is 5.84 Å². The fraction of sp³-hybridized carbons (Fsp3) is 0.174. The third-order valence-electron chi connectivity index (χ3n) is 4.60. The lowest BCUT2D eigenvalue weighted by molar-refractivity contribution is 0.102. The molecular formula is C23H24N4O3. The molecule has 0 radical (unpaired) electrons. The van der Waals surface area contributed by atoms with E-state index in [0.29, 0.717) is 16.9 Å². The molecule has 0 bridgehead atoms. The highest BCUT2D eigenvalue weighted by Gasteiger charge is 2.27. The van der Waals surface area contributed by atoms with Crippen molar-refractivity contribution in [1.82, 2.24) is 0 Å². The van der Waals surface area contributed by atoms with Gasteiger partial charge in [0.2, 0.25) is 0 Å². The lowest BCUT2D eigenvalue weighted by Crippen LogP contribution is -2.45. The first-order valence-electron chi connectivity index (χ1n) is 9.41. The zero-order valence-corrected chi connectivity index (χ0v) is 17.1. The lowest BCUT2D eigenvalue weighted by Gasteiger charge is -2.33. The number of nitrogens with zero attached hydrogens (tertiary/aromatic N) is 2. The van der Waals surface area contributed by atoms with E-state index in [1.165, 1.54) is 4.90 Å². The van der Waals surface area contributed by atoms with E-state index >= 15 is 0 Å². The Kier molecular flexibility index (Phi) is 5.73. The number of nitrogens with one attached hydrogen (secondary N) is 1. The Balaban J connectivity index is 1.79. The summed E-state index contributed by atoms with van der Waals surface area (Å²) in [7, 11) is 0. The summed E-state index contributed by atoms with van der Waals surface area (Å²) in [4.78, 5) is 25.5. The third kappa shape index (κ3) is 4.57. The molecule has 30 heavy (non-hydrogen) atoms. The van der Waals surface area contributed by atoms with Crippen molar-refractivity contribution < 1.29 is 14.7 Å². The summed E-state index contributed by atoms with van der Waals surface area (Å²) in [6.45, 7) is 5.44. The molecule has 0 saturated heterocycles. The molecule has 0 aliphatic carbocycles. The van der Waals surface area contributed by atoms with Gasteiger partial charge in [0.1, 0.15) is 0 Å². The van der Waals surface area contributed by atoms with Gasteiger partial charge in [-0.1, -0.05) is 18.2 Å². The monoisotopic (exact) mass is 404 g/mol. The first-order valence-corrected chi connectivity index (χ1v) is 9.41. The summed E-state index contributed by atoms with van der Waals surface area (Å²) in [5.74, 6) is 4.92. The van der Waals surface area contributed by atoms with Gasteiger partial charge in [-0.25, -0.2) is 4.79 Å². The Morgan fingerprint density at radius 3 is 2.23 bits per heavy atom. The number of rotatable bonds is 4. The summed E-state index contributed by atoms with van der Waals surface area (Å²) in [6.07, 6.45) is 0.529. The maximum Gasteiger partial charge on any atom is 0.412 e. The molecule has 3 rings (SSSR count). The van der Waals surface area contributed by atoms with Gasteiger partial charge >= 0.3 is 6.09 Å². The fourth-order valence-electron chi connectivity index (χ4n) is 3.26. The number of fused-ring (bicyclic) bond motifs is 1. The first kappa shape index (κ1) is 20.9. The van der Waals surface area contributed by atoms with Gasteiger partial charge < -0.3 is 16.3 Å². The molecule has 3 aromatic carbocycles. The SMILES string of the molecule is CC(C)(C)N(C(=O)O)c1ccc(C(=O)Nc2ccc3cc(C=NN)ccc3c2)cc1. The average Bonchev–Trinajstić information content (AvgIpc) is 2.67. The predicted molar refractivity (Wildman–Crippen MR) is 120 cm³/mol. The van der Waals surface area contributed by atoms with E-state index in [2.05, 4.69) is 10.4 Å². The van der Waals surface area contributed by atoms with Crippen molar-refractivity contribution in [2.75, 3.05) is 10.2 Å². The van der Waals surface area contributed by atoms with Crippen LogP contribution in [0.15, 0.2) is 65.8 Å². The molecule has 4 N–H and O–H groups in total. The number of anilines is 2. The van der Waals surface area contributed by atoms with Crippen LogP contribution in [0, 0.1) is 0 Å².